The molecule has 1 aliphatic heterocycles. The van der Waals surface area contributed by atoms with Gasteiger partial charge in [0.15, 0.2) is 0 Å². The lowest BCUT2D eigenvalue weighted by Crippen LogP contribution is -2.31. The summed E-state index contributed by atoms with van der Waals surface area (Å²) in [6.45, 7) is 1.58. The molecule has 6 nitrogen and oxygen atoms in total. The van der Waals surface area contributed by atoms with Gasteiger partial charge in [-0.25, -0.2) is 4.68 Å². The van der Waals surface area contributed by atoms with Gasteiger partial charge in [0, 0.05) is 18.8 Å². The van der Waals surface area contributed by atoms with Crippen LogP contribution in [0.25, 0.3) is 0 Å². The van der Waals surface area contributed by atoms with Gasteiger partial charge in [0.2, 0.25) is 5.91 Å². The van der Waals surface area contributed by atoms with Crippen molar-refractivity contribution in [2.24, 2.45) is 0 Å². The largest absolute Gasteiger partial charge is 0.369 e. The highest BCUT2D eigenvalue weighted by Crippen LogP contribution is 2.24. The molecule has 1 aromatic carbocycles. The smallest absolute Gasteiger partial charge is 0.288 e. The Morgan fingerprint density at radius 3 is 2.61 bits per heavy atom. The number of para-hydroxylation sites is 1. The lowest BCUT2D eigenvalue weighted by Gasteiger charge is -2.18. The van der Waals surface area contributed by atoms with Crippen molar-refractivity contribution in [2.45, 2.75) is 19.4 Å². The van der Waals surface area contributed by atoms with E-state index in [0.717, 1.165) is 30.6 Å². The van der Waals surface area contributed by atoms with Crippen LogP contribution in [0.4, 0.5) is 11.4 Å². The molecule has 3 rings (SSSR count). The Labute approximate surface area is 138 Å². The zero-order valence-electron chi connectivity index (χ0n) is 12.5. The van der Waals surface area contributed by atoms with E-state index in [9.17, 15) is 9.59 Å². The maximum atomic E-state index is 12.3. The number of halogens is 1. The number of nitrogens with one attached hydrogen (secondary N) is 1. The van der Waals surface area contributed by atoms with Gasteiger partial charge in [0.1, 0.15) is 11.6 Å². The third-order valence-corrected chi connectivity index (χ3v) is 4.12. The summed E-state index contributed by atoms with van der Waals surface area (Å²) in [4.78, 5) is 26.4. The Morgan fingerprint density at radius 1 is 1.22 bits per heavy atom. The van der Waals surface area contributed by atoms with E-state index in [0.29, 0.717) is 11.4 Å². The monoisotopic (exact) mass is 332 g/mol. The number of anilines is 2. The number of carbonyl (C=O) groups is 1. The van der Waals surface area contributed by atoms with E-state index in [4.69, 9.17) is 11.6 Å². The summed E-state index contributed by atoms with van der Waals surface area (Å²) in [5, 5.41) is 6.92. The summed E-state index contributed by atoms with van der Waals surface area (Å²) >= 11 is 6.18. The minimum absolute atomic E-state index is 0.120. The summed E-state index contributed by atoms with van der Waals surface area (Å²) in [7, 11) is 0. The third-order valence-electron chi connectivity index (χ3n) is 3.76. The average molecular weight is 333 g/mol. The van der Waals surface area contributed by atoms with Crippen LogP contribution >= 0.6 is 11.6 Å². The lowest BCUT2D eigenvalue weighted by atomic mass is 10.3. The standard InChI is InChI=1S/C16H17ClN4O2/c17-15-13(20-8-4-5-9-20)10-18-21(16(15)23)11-14(22)19-12-6-2-1-3-7-12/h1-3,6-7,10H,4-5,8-9,11H2,(H,19,22). The molecule has 7 heteroatoms. The molecule has 1 saturated heterocycles. The van der Waals surface area contributed by atoms with Gasteiger partial charge in [-0.2, -0.15) is 5.10 Å². The van der Waals surface area contributed by atoms with Gasteiger partial charge in [-0.15, -0.1) is 0 Å². The van der Waals surface area contributed by atoms with Crippen molar-refractivity contribution >= 4 is 28.9 Å². The molecule has 2 heterocycles. The minimum Gasteiger partial charge on any atom is -0.369 e. The van der Waals surface area contributed by atoms with E-state index < -0.39 is 5.56 Å². The minimum atomic E-state index is -0.445. The lowest BCUT2D eigenvalue weighted by molar-refractivity contribution is -0.117. The van der Waals surface area contributed by atoms with Crippen LogP contribution in [0.5, 0.6) is 0 Å². The first-order valence-corrected chi connectivity index (χ1v) is 7.88. The normalized spacial score (nSPS) is 14.0. The van der Waals surface area contributed by atoms with Gasteiger partial charge >= 0.3 is 0 Å². The van der Waals surface area contributed by atoms with E-state index >= 15 is 0 Å². The zero-order valence-corrected chi connectivity index (χ0v) is 13.3. The maximum absolute atomic E-state index is 12.3. The van der Waals surface area contributed by atoms with E-state index in [-0.39, 0.29) is 17.5 Å². The molecular formula is C16H17ClN4O2. The number of hydrogen-bond acceptors (Lipinski definition) is 4. The average Bonchev–Trinajstić information content (AvgIpc) is 3.07. The molecule has 0 unspecified atom stereocenters. The molecule has 1 aromatic heterocycles. The van der Waals surface area contributed by atoms with Crippen LogP contribution < -0.4 is 15.8 Å². The van der Waals surface area contributed by atoms with Crippen molar-refractivity contribution in [3.63, 3.8) is 0 Å². The van der Waals surface area contributed by atoms with Gasteiger partial charge in [-0.1, -0.05) is 29.8 Å². The first-order valence-electron chi connectivity index (χ1n) is 7.50. The number of hydrogen-bond donors (Lipinski definition) is 1. The number of benzene rings is 1. The maximum Gasteiger partial charge on any atom is 0.288 e. The van der Waals surface area contributed by atoms with Crippen molar-refractivity contribution in [2.75, 3.05) is 23.3 Å². The van der Waals surface area contributed by atoms with Crippen molar-refractivity contribution < 1.29 is 4.79 Å². The summed E-state index contributed by atoms with van der Waals surface area (Å²) in [5.74, 6) is -0.323. The Morgan fingerprint density at radius 2 is 1.91 bits per heavy atom. The van der Waals surface area contributed by atoms with Crippen LogP contribution in [0.15, 0.2) is 41.3 Å². The Kier molecular flexibility index (Phi) is 4.62. The van der Waals surface area contributed by atoms with Crippen LogP contribution in [0.2, 0.25) is 5.02 Å². The van der Waals surface area contributed by atoms with Gasteiger partial charge in [-0.3, -0.25) is 9.59 Å². The quantitative estimate of drug-likeness (QED) is 0.931. The van der Waals surface area contributed by atoms with Crippen molar-refractivity contribution in [3.8, 4) is 0 Å². The van der Waals surface area contributed by atoms with Crippen molar-refractivity contribution in [1.82, 2.24) is 9.78 Å². The number of carbonyl (C=O) groups excluding carboxylic acids is 1. The molecule has 0 spiro atoms. The summed E-state index contributed by atoms with van der Waals surface area (Å²) < 4.78 is 1.08. The number of amides is 1. The molecule has 120 valence electrons. The summed E-state index contributed by atoms with van der Waals surface area (Å²) in [6, 6.07) is 9.05. The number of rotatable bonds is 4. The molecule has 1 aliphatic rings. The highest BCUT2D eigenvalue weighted by atomic mass is 35.5. The van der Waals surface area contributed by atoms with Crippen LogP contribution in [-0.2, 0) is 11.3 Å². The van der Waals surface area contributed by atoms with Crippen molar-refractivity contribution in [3.05, 3.63) is 51.9 Å². The topological polar surface area (TPSA) is 67.2 Å². The van der Waals surface area contributed by atoms with E-state index in [1.807, 2.05) is 23.1 Å². The molecule has 0 bridgehead atoms. The number of aromatic nitrogens is 2. The molecule has 23 heavy (non-hydrogen) atoms. The van der Waals surface area contributed by atoms with Crippen LogP contribution in [0.1, 0.15) is 12.8 Å². The fraction of sp³-hybridized carbons (Fsp3) is 0.312. The van der Waals surface area contributed by atoms with Gasteiger partial charge < -0.3 is 10.2 Å². The molecule has 0 saturated carbocycles. The van der Waals surface area contributed by atoms with E-state index in [1.54, 1.807) is 18.3 Å². The third kappa shape index (κ3) is 3.53. The second-order valence-electron chi connectivity index (χ2n) is 5.41. The molecule has 2 aromatic rings. The van der Waals surface area contributed by atoms with Crippen LogP contribution in [0.3, 0.4) is 0 Å². The Bertz CT molecular complexity index is 754. The van der Waals surface area contributed by atoms with Gasteiger partial charge in [0.05, 0.1) is 11.9 Å². The van der Waals surface area contributed by atoms with Crippen LogP contribution in [0, 0.1) is 0 Å². The predicted molar refractivity (Wildman–Crippen MR) is 90.0 cm³/mol. The predicted octanol–water partition coefficient (Wildman–Crippen LogP) is 2.14. The summed E-state index contributed by atoms with van der Waals surface area (Å²) in [5.41, 5.74) is 0.874. The highest BCUT2D eigenvalue weighted by molar-refractivity contribution is 6.33. The SMILES string of the molecule is O=C(Cn1ncc(N2CCCC2)c(Cl)c1=O)Nc1ccccc1. The summed E-state index contributed by atoms with van der Waals surface area (Å²) in [6.07, 6.45) is 3.72. The molecule has 0 aliphatic carbocycles. The zero-order chi connectivity index (χ0) is 16.2. The Hall–Kier alpha value is -2.34. The molecule has 0 radical (unpaired) electrons. The molecule has 0 atom stereocenters. The molecule has 1 N–H and O–H groups in total. The second kappa shape index (κ2) is 6.83. The van der Waals surface area contributed by atoms with Crippen LogP contribution in [-0.4, -0.2) is 28.8 Å². The fourth-order valence-corrected chi connectivity index (χ4v) is 2.87. The fourth-order valence-electron chi connectivity index (χ4n) is 2.61. The van der Waals surface area contributed by atoms with E-state index in [2.05, 4.69) is 10.4 Å². The molecule has 1 amide bonds. The highest BCUT2D eigenvalue weighted by Gasteiger charge is 2.19. The Balaban J connectivity index is 1.74. The van der Waals surface area contributed by atoms with Crippen molar-refractivity contribution in [1.29, 1.82) is 0 Å². The first-order chi connectivity index (χ1) is 11.1. The molecule has 1 fully saturated rings. The van der Waals surface area contributed by atoms with E-state index in [1.165, 1.54) is 0 Å². The van der Waals surface area contributed by atoms with Gasteiger partial charge in [0.25, 0.3) is 5.56 Å². The second-order valence-corrected chi connectivity index (χ2v) is 5.79. The first kappa shape index (κ1) is 15.6. The van der Waals surface area contributed by atoms with Gasteiger partial charge in [-0.05, 0) is 25.0 Å². The number of nitrogens with zero attached hydrogens (tertiary/aromatic N) is 3. The molecular weight excluding hydrogens is 316 g/mol.